The monoisotopic (exact) mass is 399 g/mol. The van der Waals surface area contributed by atoms with Crippen LogP contribution in [0.4, 0.5) is 0 Å². The van der Waals surface area contributed by atoms with Gasteiger partial charge < -0.3 is 5.32 Å². The van der Waals surface area contributed by atoms with E-state index in [4.69, 9.17) is 0 Å². The molecule has 0 radical (unpaired) electrons. The lowest BCUT2D eigenvalue weighted by Gasteiger charge is -2.17. The highest BCUT2D eigenvalue weighted by Crippen LogP contribution is 2.23. The molecule has 0 bridgehead atoms. The maximum atomic E-state index is 4.46. The van der Waals surface area contributed by atoms with Crippen molar-refractivity contribution in [3.05, 3.63) is 50.2 Å². The summed E-state index contributed by atoms with van der Waals surface area (Å²) in [5.41, 5.74) is 3.59. The first kappa shape index (κ1) is 15.7. The molecular weight excluding hydrogens is 382 g/mol. The maximum Gasteiger partial charge on any atom is 0.0738 e. The molecule has 0 spiro atoms. The van der Waals surface area contributed by atoms with Crippen LogP contribution < -0.4 is 5.32 Å². The Morgan fingerprint density at radius 3 is 2.50 bits per heavy atom. The molecule has 1 N–H and O–H groups in total. The zero-order chi connectivity index (χ0) is 14.7. The van der Waals surface area contributed by atoms with Crippen LogP contribution in [0.15, 0.2) is 33.2 Å². The number of likely N-dealkylation sites (N-methyl/N-ethyl adjacent to an activating group) is 1. The average Bonchev–Trinajstić information content (AvgIpc) is 2.66. The van der Waals surface area contributed by atoms with Gasteiger partial charge in [-0.15, -0.1) is 0 Å². The highest BCUT2D eigenvalue weighted by atomic mass is 79.9. The molecule has 108 valence electrons. The molecule has 20 heavy (non-hydrogen) atoms. The van der Waals surface area contributed by atoms with Gasteiger partial charge in [0.2, 0.25) is 0 Å². The smallest absolute Gasteiger partial charge is 0.0738 e. The third-order valence-corrected chi connectivity index (χ3v) is 5.34. The normalized spacial score (nSPS) is 12.7. The molecule has 0 saturated carbocycles. The second-order valence-electron chi connectivity index (χ2n) is 4.95. The van der Waals surface area contributed by atoms with Gasteiger partial charge in [-0.1, -0.05) is 34.1 Å². The molecule has 0 aliphatic rings. The van der Waals surface area contributed by atoms with E-state index in [2.05, 4.69) is 60.5 Å². The van der Waals surface area contributed by atoms with Gasteiger partial charge in [-0.2, -0.15) is 5.10 Å². The molecule has 0 amide bonds. The number of rotatable bonds is 5. The predicted octanol–water partition coefficient (Wildman–Crippen LogP) is 3.63. The Hall–Kier alpha value is -0.650. The Kier molecular flexibility index (Phi) is 5.41. The number of halogens is 2. The van der Waals surface area contributed by atoms with Crippen molar-refractivity contribution in [2.75, 3.05) is 7.05 Å². The number of nitrogens with one attached hydrogen (secondary N) is 1. The van der Waals surface area contributed by atoms with Crippen molar-refractivity contribution in [3.63, 3.8) is 0 Å². The van der Waals surface area contributed by atoms with Gasteiger partial charge in [-0.05, 0) is 48.0 Å². The SMILES string of the molecule is CNC(Cc1ccccc1Br)Cc1c(Br)c(C)nn1C. The molecule has 1 atom stereocenters. The van der Waals surface area contributed by atoms with Crippen molar-refractivity contribution in [1.29, 1.82) is 0 Å². The van der Waals surface area contributed by atoms with Gasteiger partial charge >= 0.3 is 0 Å². The van der Waals surface area contributed by atoms with Gasteiger partial charge in [0, 0.05) is 24.0 Å². The summed E-state index contributed by atoms with van der Waals surface area (Å²) in [7, 11) is 4.01. The first-order valence-electron chi connectivity index (χ1n) is 6.61. The van der Waals surface area contributed by atoms with Gasteiger partial charge in [0.1, 0.15) is 0 Å². The molecule has 1 unspecified atom stereocenters. The number of benzene rings is 1. The fourth-order valence-corrected chi connectivity index (χ4v) is 3.29. The van der Waals surface area contributed by atoms with Gasteiger partial charge in [0.25, 0.3) is 0 Å². The molecule has 1 aromatic heterocycles. The Bertz CT molecular complexity index is 593. The maximum absolute atomic E-state index is 4.46. The number of hydrogen-bond acceptors (Lipinski definition) is 2. The third-order valence-electron chi connectivity index (χ3n) is 3.53. The zero-order valence-corrected chi connectivity index (χ0v) is 15.1. The van der Waals surface area contributed by atoms with E-state index in [1.807, 2.05) is 31.8 Å². The van der Waals surface area contributed by atoms with Crippen LogP contribution in [0.25, 0.3) is 0 Å². The molecule has 0 saturated heterocycles. The van der Waals surface area contributed by atoms with Crippen molar-refractivity contribution in [2.45, 2.75) is 25.8 Å². The van der Waals surface area contributed by atoms with E-state index in [0.29, 0.717) is 6.04 Å². The third kappa shape index (κ3) is 3.51. The highest BCUT2D eigenvalue weighted by molar-refractivity contribution is 9.10. The van der Waals surface area contributed by atoms with Gasteiger partial charge in [-0.25, -0.2) is 0 Å². The number of hydrogen-bond donors (Lipinski definition) is 1. The molecular formula is C15H19Br2N3. The van der Waals surface area contributed by atoms with E-state index in [1.54, 1.807) is 0 Å². The summed E-state index contributed by atoms with van der Waals surface area (Å²) in [5.74, 6) is 0. The Balaban J connectivity index is 2.15. The minimum Gasteiger partial charge on any atom is -0.316 e. The fourth-order valence-electron chi connectivity index (χ4n) is 2.34. The topological polar surface area (TPSA) is 29.9 Å². The quantitative estimate of drug-likeness (QED) is 0.830. The van der Waals surface area contributed by atoms with Crippen LogP contribution in [0, 0.1) is 6.92 Å². The fraction of sp³-hybridized carbons (Fsp3) is 0.400. The van der Waals surface area contributed by atoms with Crippen LogP contribution in [0.3, 0.4) is 0 Å². The van der Waals surface area contributed by atoms with Crippen LogP contribution in [0.5, 0.6) is 0 Å². The lowest BCUT2D eigenvalue weighted by molar-refractivity contribution is 0.532. The number of aryl methyl sites for hydroxylation is 2. The van der Waals surface area contributed by atoms with E-state index >= 15 is 0 Å². The minimum atomic E-state index is 0.375. The number of aromatic nitrogens is 2. The molecule has 2 rings (SSSR count). The van der Waals surface area contributed by atoms with Crippen molar-refractivity contribution in [2.24, 2.45) is 7.05 Å². The first-order valence-corrected chi connectivity index (χ1v) is 8.20. The van der Waals surface area contributed by atoms with E-state index in [9.17, 15) is 0 Å². The lowest BCUT2D eigenvalue weighted by Crippen LogP contribution is -2.31. The van der Waals surface area contributed by atoms with Gasteiger partial charge in [-0.3, -0.25) is 4.68 Å². The van der Waals surface area contributed by atoms with Crippen molar-refractivity contribution >= 4 is 31.9 Å². The number of nitrogens with zero attached hydrogens (tertiary/aromatic N) is 2. The summed E-state index contributed by atoms with van der Waals surface area (Å²) in [4.78, 5) is 0. The van der Waals surface area contributed by atoms with Crippen molar-refractivity contribution < 1.29 is 0 Å². The van der Waals surface area contributed by atoms with Crippen LogP contribution in [-0.2, 0) is 19.9 Å². The van der Waals surface area contributed by atoms with Gasteiger partial charge in [0.05, 0.1) is 15.9 Å². The van der Waals surface area contributed by atoms with Crippen molar-refractivity contribution in [1.82, 2.24) is 15.1 Å². The largest absolute Gasteiger partial charge is 0.316 e. The van der Waals surface area contributed by atoms with Crippen LogP contribution >= 0.6 is 31.9 Å². The molecule has 0 aliphatic heterocycles. The first-order chi connectivity index (χ1) is 9.52. The molecule has 2 aromatic rings. The molecule has 5 heteroatoms. The Morgan fingerprint density at radius 1 is 1.25 bits per heavy atom. The van der Waals surface area contributed by atoms with Gasteiger partial charge in [0.15, 0.2) is 0 Å². The summed E-state index contributed by atoms with van der Waals surface area (Å²) in [6, 6.07) is 8.75. The van der Waals surface area contributed by atoms with E-state index in [1.165, 1.54) is 15.7 Å². The lowest BCUT2D eigenvalue weighted by atomic mass is 10.0. The molecule has 0 fully saturated rings. The standard InChI is InChI=1S/C15H19Br2N3/c1-10-15(17)14(20(3)19-10)9-12(18-2)8-11-6-4-5-7-13(11)16/h4-7,12,18H,8-9H2,1-3H3. The van der Waals surface area contributed by atoms with E-state index < -0.39 is 0 Å². The van der Waals surface area contributed by atoms with Crippen LogP contribution in [-0.4, -0.2) is 22.9 Å². The molecule has 0 aliphatic carbocycles. The van der Waals surface area contributed by atoms with E-state index in [-0.39, 0.29) is 0 Å². The summed E-state index contributed by atoms with van der Waals surface area (Å²) in [6.07, 6.45) is 1.92. The summed E-state index contributed by atoms with van der Waals surface area (Å²) >= 11 is 7.26. The molecule has 1 heterocycles. The second-order valence-corrected chi connectivity index (χ2v) is 6.60. The van der Waals surface area contributed by atoms with Crippen molar-refractivity contribution in [3.8, 4) is 0 Å². The summed E-state index contributed by atoms with van der Waals surface area (Å²) in [5, 5.41) is 7.86. The highest BCUT2D eigenvalue weighted by Gasteiger charge is 2.16. The molecule has 3 nitrogen and oxygen atoms in total. The average molecular weight is 401 g/mol. The summed E-state index contributed by atoms with van der Waals surface area (Å²) in [6.45, 7) is 2.02. The predicted molar refractivity (Wildman–Crippen MR) is 90.0 cm³/mol. The van der Waals surface area contributed by atoms with Crippen LogP contribution in [0.1, 0.15) is 17.0 Å². The molecule has 1 aromatic carbocycles. The van der Waals surface area contributed by atoms with E-state index in [0.717, 1.165) is 23.0 Å². The minimum absolute atomic E-state index is 0.375. The second kappa shape index (κ2) is 6.87. The summed E-state index contributed by atoms with van der Waals surface area (Å²) < 4.78 is 4.25. The Labute approximate surface area is 137 Å². The zero-order valence-electron chi connectivity index (χ0n) is 12.0. The Morgan fingerprint density at radius 2 is 1.95 bits per heavy atom. The van der Waals surface area contributed by atoms with Crippen LogP contribution in [0.2, 0.25) is 0 Å².